The van der Waals surface area contributed by atoms with Crippen molar-refractivity contribution in [2.45, 2.75) is 40.0 Å². The first-order valence-corrected chi connectivity index (χ1v) is 15.3. The summed E-state index contributed by atoms with van der Waals surface area (Å²) in [7, 11) is 1.73. The fourth-order valence-corrected chi connectivity index (χ4v) is 5.60. The third-order valence-electron chi connectivity index (χ3n) is 8.31. The maximum Gasteiger partial charge on any atom is 0.293 e. The number of hydrogen-bond donors (Lipinski definition) is 2. The number of nitrogens with zero attached hydrogens (tertiary/aromatic N) is 4. The zero-order valence-corrected chi connectivity index (χ0v) is 25.7. The molecule has 1 fully saturated rings. The van der Waals surface area contributed by atoms with Gasteiger partial charge in [0.15, 0.2) is 5.82 Å². The molecule has 0 atom stereocenters. The van der Waals surface area contributed by atoms with E-state index in [0.29, 0.717) is 16.9 Å². The minimum Gasteiger partial charge on any atom is -0.369 e. The Hall–Kier alpha value is -4.43. The highest BCUT2D eigenvalue weighted by molar-refractivity contribution is 6.06. The van der Waals surface area contributed by atoms with Crippen molar-refractivity contribution in [1.29, 1.82) is 0 Å². The van der Waals surface area contributed by atoms with E-state index in [1.807, 2.05) is 61.5 Å². The lowest BCUT2D eigenvalue weighted by Crippen LogP contribution is -2.46. The Kier molecular flexibility index (Phi) is 9.57. The Balaban J connectivity index is 1.35. The van der Waals surface area contributed by atoms with E-state index in [1.165, 1.54) is 5.69 Å². The van der Waals surface area contributed by atoms with Crippen LogP contribution in [-0.2, 0) is 13.5 Å². The molecule has 0 radical (unpaired) electrons. The van der Waals surface area contributed by atoms with Gasteiger partial charge in [0.2, 0.25) is 0 Å². The standard InChI is InChI=1S/C35H42N6O2/c1-5-7-11-26-12-8-9-13-30(26)34(42)38-31-15-10-14-29(25(31)3)32-24-39(4)35(43)33(37-32)36-27-16-18-28(19-17-27)41-22-20-40(6-2)21-23-41/h8-10,12-19,24H,5-7,11,20-23H2,1-4H3,(H,36,37)(H,38,42). The molecule has 1 amide bonds. The molecule has 1 saturated heterocycles. The van der Waals surface area contributed by atoms with Crippen LogP contribution in [0.25, 0.3) is 11.3 Å². The van der Waals surface area contributed by atoms with E-state index in [-0.39, 0.29) is 17.3 Å². The van der Waals surface area contributed by atoms with Crippen LogP contribution < -0.4 is 21.1 Å². The second kappa shape index (κ2) is 13.7. The fraction of sp³-hybridized carbons (Fsp3) is 0.343. The van der Waals surface area contributed by atoms with Crippen LogP contribution in [0.5, 0.6) is 0 Å². The Morgan fingerprint density at radius 1 is 0.930 bits per heavy atom. The highest BCUT2D eigenvalue weighted by atomic mass is 16.1. The van der Waals surface area contributed by atoms with Crippen LogP contribution in [0.1, 0.15) is 48.2 Å². The lowest BCUT2D eigenvalue weighted by atomic mass is 10.0. The molecule has 0 spiro atoms. The average molecular weight is 579 g/mol. The monoisotopic (exact) mass is 578 g/mol. The van der Waals surface area contributed by atoms with Crippen molar-refractivity contribution in [3.8, 4) is 11.3 Å². The summed E-state index contributed by atoms with van der Waals surface area (Å²) >= 11 is 0. The Morgan fingerprint density at radius 3 is 2.40 bits per heavy atom. The molecule has 8 nitrogen and oxygen atoms in total. The van der Waals surface area contributed by atoms with E-state index in [9.17, 15) is 9.59 Å². The Bertz CT molecular complexity index is 1620. The molecule has 1 aromatic heterocycles. The zero-order chi connectivity index (χ0) is 30.3. The second-order valence-corrected chi connectivity index (χ2v) is 11.2. The molecule has 0 bridgehead atoms. The fourth-order valence-electron chi connectivity index (χ4n) is 5.60. The lowest BCUT2D eigenvalue weighted by Gasteiger charge is -2.35. The van der Waals surface area contributed by atoms with Gasteiger partial charge in [0.05, 0.1) is 5.69 Å². The van der Waals surface area contributed by atoms with E-state index in [1.54, 1.807) is 17.8 Å². The SMILES string of the molecule is CCCCc1ccccc1C(=O)Nc1cccc(-c2cn(C)c(=O)c(Nc3ccc(N4CCN(CC)CC4)cc3)n2)c1C. The predicted molar refractivity (Wildman–Crippen MR) is 177 cm³/mol. The number of aryl methyl sites for hydroxylation is 2. The lowest BCUT2D eigenvalue weighted by molar-refractivity contribution is 0.102. The number of aromatic nitrogens is 2. The molecule has 0 saturated carbocycles. The van der Waals surface area contributed by atoms with Crippen molar-refractivity contribution < 1.29 is 4.79 Å². The first-order chi connectivity index (χ1) is 20.9. The number of unbranched alkanes of at least 4 members (excludes halogenated alkanes) is 1. The van der Waals surface area contributed by atoms with E-state index in [4.69, 9.17) is 4.98 Å². The van der Waals surface area contributed by atoms with E-state index in [2.05, 4.69) is 46.4 Å². The second-order valence-electron chi connectivity index (χ2n) is 11.2. The molecule has 224 valence electrons. The summed E-state index contributed by atoms with van der Waals surface area (Å²) < 4.78 is 1.54. The summed E-state index contributed by atoms with van der Waals surface area (Å²) in [5.74, 6) is 0.126. The number of anilines is 4. The van der Waals surface area contributed by atoms with Crippen molar-refractivity contribution in [3.63, 3.8) is 0 Å². The molecule has 43 heavy (non-hydrogen) atoms. The Labute approximate surface area is 254 Å². The van der Waals surface area contributed by atoms with Crippen LogP contribution in [0, 0.1) is 6.92 Å². The van der Waals surface area contributed by atoms with E-state index < -0.39 is 0 Å². The molecule has 0 aliphatic carbocycles. The van der Waals surface area contributed by atoms with Gasteiger partial charge in [-0.2, -0.15) is 0 Å². The maximum atomic E-state index is 13.3. The average Bonchev–Trinajstić information content (AvgIpc) is 3.03. The Morgan fingerprint density at radius 2 is 1.67 bits per heavy atom. The van der Waals surface area contributed by atoms with Gasteiger partial charge in [-0.05, 0) is 73.8 Å². The number of amides is 1. The quantitative estimate of drug-likeness (QED) is 0.232. The number of benzene rings is 3. The van der Waals surface area contributed by atoms with Crippen molar-refractivity contribution >= 4 is 28.8 Å². The summed E-state index contributed by atoms with van der Waals surface area (Å²) in [6.07, 6.45) is 4.71. The molecule has 2 heterocycles. The highest BCUT2D eigenvalue weighted by Gasteiger charge is 2.18. The van der Waals surface area contributed by atoms with Gasteiger partial charge >= 0.3 is 0 Å². The van der Waals surface area contributed by atoms with Gasteiger partial charge in [-0.15, -0.1) is 0 Å². The summed E-state index contributed by atoms with van der Waals surface area (Å²) in [5.41, 5.74) is 6.61. The molecule has 5 rings (SSSR count). The third kappa shape index (κ3) is 6.97. The van der Waals surface area contributed by atoms with Gasteiger partial charge in [0.25, 0.3) is 11.5 Å². The first-order valence-electron chi connectivity index (χ1n) is 15.3. The van der Waals surface area contributed by atoms with Crippen molar-refractivity contribution in [2.24, 2.45) is 7.05 Å². The molecular weight excluding hydrogens is 536 g/mol. The van der Waals surface area contributed by atoms with Crippen molar-refractivity contribution in [3.05, 3.63) is 100.0 Å². The number of carbonyl (C=O) groups excluding carboxylic acids is 1. The minimum absolute atomic E-state index is 0.126. The molecule has 3 aromatic carbocycles. The maximum absolute atomic E-state index is 13.3. The minimum atomic E-state index is -0.214. The van der Waals surface area contributed by atoms with Crippen molar-refractivity contribution in [1.82, 2.24) is 14.5 Å². The van der Waals surface area contributed by atoms with Crippen LogP contribution in [0.4, 0.5) is 22.9 Å². The van der Waals surface area contributed by atoms with Gasteiger partial charge in [-0.1, -0.05) is 50.6 Å². The van der Waals surface area contributed by atoms with Crippen LogP contribution in [0.3, 0.4) is 0 Å². The molecule has 2 N–H and O–H groups in total. The smallest absolute Gasteiger partial charge is 0.293 e. The van der Waals surface area contributed by atoms with Gasteiger partial charge in [-0.25, -0.2) is 4.98 Å². The summed E-state index contributed by atoms with van der Waals surface area (Å²) in [6.45, 7) is 11.6. The van der Waals surface area contributed by atoms with Crippen LogP contribution in [-0.4, -0.2) is 53.1 Å². The van der Waals surface area contributed by atoms with E-state index in [0.717, 1.165) is 74.4 Å². The van der Waals surface area contributed by atoms with Crippen LogP contribution >= 0.6 is 0 Å². The van der Waals surface area contributed by atoms with Gasteiger partial charge in [0, 0.05) is 67.6 Å². The van der Waals surface area contributed by atoms with E-state index >= 15 is 0 Å². The molecular formula is C35H42N6O2. The molecule has 1 aliphatic rings. The number of rotatable bonds is 10. The topological polar surface area (TPSA) is 82.5 Å². The third-order valence-corrected chi connectivity index (χ3v) is 8.31. The number of piperazine rings is 1. The zero-order valence-electron chi connectivity index (χ0n) is 25.7. The first kappa shape index (κ1) is 30.0. The van der Waals surface area contributed by atoms with Gasteiger partial charge in [-0.3, -0.25) is 9.59 Å². The molecule has 1 aliphatic heterocycles. The van der Waals surface area contributed by atoms with Gasteiger partial charge < -0.3 is 25.0 Å². The molecule has 0 unspecified atom stereocenters. The van der Waals surface area contributed by atoms with Gasteiger partial charge in [0.1, 0.15) is 0 Å². The van der Waals surface area contributed by atoms with Crippen molar-refractivity contribution in [2.75, 3.05) is 48.3 Å². The predicted octanol–water partition coefficient (Wildman–Crippen LogP) is 6.24. The van der Waals surface area contributed by atoms with Crippen LogP contribution in [0.15, 0.2) is 77.7 Å². The number of nitrogens with one attached hydrogen (secondary N) is 2. The number of carbonyl (C=O) groups is 1. The largest absolute Gasteiger partial charge is 0.369 e. The molecule has 8 heteroatoms. The summed E-state index contributed by atoms with van der Waals surface area (Å²) in [4.78, 5) is 36.0. The number of likely N-dealkylation sites (N-methyl/N-ethyl adjacent to an activating group) is 1. The van der Waals surface area contributed by atoms with Crippen LogP contribution in [0.2, 0.25) is 0 Å². The normalized spacial score (nSPS) is 13.6. The molecule has 4 aromatic rings. The summed E-state index contributed by atoms with van der Waals surface area (Å²) in [6, 6.07) is 21.7. The number of hydrogen-bond acceptors (Lipinski definition) is 6. The highest BCUT2D eigenvalue weighted by Crippen LogP contribution is 2.29. The summed E-state index contributed by atoms with van der Waals surface area (Å²) in [5, 5.41) is 6.35.